The van der Waals surface area contributed by atoms with E-state index in [0.717, 1.165) is 12.1 Å². The summed E-state index contributed by atoms with van der Waals surface area (Å²) in [6.07, 6.45) is 4.16. The fourth-order valence-corrected chi connectivity index (χ4v) is 4.41. The van der Waals surface area contributed by atoms with Gasteiger partial charge in [0.25, 0.3) is 0 Å². The predicted octanol–water partition coefficient (Wildman–Crippen LogP) is 5.15. The summed E-state index contributed by atoms with van der Waals surface area (Å²) in [6.45, 7) is 3.33. The van der Waals surface area contributed by atoms with Crippen LogP contribution >= 0.6 is 11.6 Å². The lowest BCUT2D eigenvalue weighted by molar-refractivity contribution is 0.525. The molecular formula is C23H20ClF2N5. The van der Waals surface area contributed by atoms with Crippen LogP contribution in [0, 0.1) is 11.6 Å². The number of nitrogens with zero attached hydrogens (tertiary/aromatic N) is 3. The lowest BCUT2D eigenvalue weighted by Gasteiger charge is -2.26. The molecule has 3 N–H and O–H groups in total. The van der Waals surface area contributed by atoms with Gasteiger partial charge >= 0.3 is 0 Å². The number of hydrogen-bond donors (Lipinski definition) is 2. The summed E-state index contributed by atoms with van der Waals surface area (Å²) >= 11 is 6.13. The summed E-state index contributed by atoms with van der Waals surface area (Å²) < 4.78 is 28.4. The van der Waals surface area contributed by atoms with Crippen molar-refractivity contribution >= 4 is 28.3 Å². The fourth-order valence-electron chi connectivity index (χ4n) is 4.19. The first kappa shape index (κ1) is 19.9. The van der Waals surface area contributed by atoms with Crippen LogP contribution in [-0.2, 0) is 0 Å². The first-order chi connectivity index (χ1) is 14.8. The van der Waals surface area contributed by atoms with Crippen LogP contribution in [0.1, 0.15) is 13.3 Å². The molecular weight excluding hydrogens is 420 g/mol. The Balaban J connectivity index is 1.75. The maximum atomic E-state index is 14.3. The van der Waals surface area contributed by atoms with Gasteiger partial charge in [-0.1, -0.05) is 17.7 Å². The molecule has 158 valence electrons. The number of benzene rings is 2. The molecule has 1 saturated heterocycles. The smallest absolute Gasteiger partial charge is 0.151 e. The fraction of sp³-hybridized carbons (Fsp3) is 0.217. The molecule has 1 aliphatic rings. The maximum absolute atomic E-state index is 14.3. The van der Waals surface area contributed by atoms with Crippen molar-refractivity contribution in [1.82, 2.24) is 15.0 Å². The predicted molar refractivity (Wildman–Crippen MR) is 119 cm³/mol. The van der Waals surface area contributed by atoms with Crippen molar-refractivity contribution in [3.05, 3.63) is 65.4 Å². The van der Waals surface area contributed by atoms with Gasteiger partial charge in [-0.3, -0.25) is 4.98 Å². The number of hydrogen-bond acceptors (Lipinski definition) is 4. The molecule has 1 aliphatic heterocycles. The van der Waals surface area contributed by atoms with E-state index in [-0.39, 0.29) is 11.1 Å². The number of imidazole rings is 1. The van der Waals surface area contributed by atoms with E-state index in [0.29, 0.717) is 46.1 Å². The molecule has 1 fully saturated rings. The Bertz CT molecular complexity index is 1280. The first-order valence-corrected chi connectivity index (χ1v) is 10.3. The molecule has 0 spiro atoms. The lowest BCUT2D eigenvalue weighted by atomic mass is 10.0. The number of pyridine rings is 1. The van der Waals surface area contributed by atoms with Crippen LogP contribution in [-0.4, -0.2) is 33.6 Å². The molecule has 3 heterocycles. The number of nitrogens with two attached hydrogens (primary N) is 1. The summed E-state index contributed by atoms with van der Waals surface area (Å²) in [5.41, 5.74) is 9.68. The number of anilines is 1. The van der Waals surface area contributed by atoms with Crippen molar-refractivity contribution in [2.75, 3.05) is 18.0 Å². The highest BCUT2D eigenvalue weighted by molar-refractivity contribution is 6.30. The highest BCUT2D eigenvalue weighted by atomic mass is 35.5. The summed E-state index contributed by atoms with van der Waals surface area (Å²) in [7, 11) is 0. The van der Waals surface area contributed by atoms with E-state index in [1.807, 2.05) is 6.92 Å². The molecule has 0 saturated carbocycles. The molecule has 1 unspecified atom stereocenters. The van der Waals surface area contributed by atoms with Crippen LogP contribution in [0.4, 0.5) is 14.5 Å². The van der Waals surface area contributed by atoms with E-state index >= 15 is 0 Å². The normalized spacial score (nSPS) is 18.8. The summed E-state index contributed by atoms with van der Waals surface area (Å²) in [5, 5.41) is 0.294. The Labute approximate surface area is 182 Å². The molecule has 5 nitrogen and oxygen atoms in total. The average Bonchev–Trinajstić information content (AvgIpc) is 3.30. The average molecular weight is 440 g/mol. The lowest BCUT2D eigenvalue weighted by Crippen LogP contribution is -2.39. The number of fused-ring (bicyclic) bond motifs is 1. The number of aromatic nitrogens is 3. The molecule has 0 bridgehead atoms. The summed E-state index contributed by atoms with van der Waals surface area (Å²) in [4.78, 5) is 14.2. The Kier molecular flexibility index (Phi) is 4.68. The second-order valence-electron chi connectivity index (χ2n) is 8.29. The number of rotatable bonds is 3. The Morgan fingerprint density at radius 2 is 1.97 bits per heavy atom. The molecule has 31 heavy (non-hydrogen) atoms. The van der Waals surface area contributed by atoms with Crippen molar-refractivity contribution < 1.29 is 8.78 Å². The van der Waals surface area contributed by atoms with Crippen LogP contribution in [0.5, 0.6) is 0 Å². The van der Waals surface area contributed by atoms with Crippen molar-refractivity contribution in [2.24, 2.45) is 5.73 Å². The van der Waals surface area contributed by atoms with Gasteiger partial charge in [-0.05, 0) is 49.2 Å². The Morgan fingerprint density at radius 1 is 1.16 bits per heavy atom. The highest BCUT2D eigenvalue weighted by Crippen LogP contribution is 2.41. The number of para-hydroxylation sites is 1. The van der Waals surface area contributed by atoms with Gasteiger partial charge in [0.15, 0.2) is 5.82 Å². The van der Waals surface area contributed by atoms with Crippen molar-refractivity contribution in [1.29, 1.82) is 0 Å². The van der Waals surface area contributed by atoms with Gasteiger partial charge in [0.05, 0.1) is 16.8 Å². The highest BCUT2D eigenvalue weighted by Gasteiger charge is 2.33. The standard InChI is InChI=1S/C23H20ClF2N5/c1-23(27)5-6-31(12-23)21-16(13-7-14(24)9-15(25)8-13)10-28-11-17(21)22-29-19-4-2-3-18(26)20(19)30-22/h2-4,7-11H,5-6,12,27H2,1H3,(H,29,30). The van der Waals surface area contributed by atoms with Crippen LogP contribution in [0.3, 0.4) is 0 Å². The number of nitrogens with one attached hydrogen (secondary N) is 1. The van der Waals surface area contributed by atoms with E-state index in [1.54, 1.807) is 30.6 Å². The second-order valence-corrected chi connectivity index (χ2v) is 8.72. The molecule has 4 aromatic rings. The number of H-pyrrole nitrogens is 1. The second kappa shape index (κ2) is 7.28. The molecule has 1 atom stereocenters. The van der Waals surface area contributed by atoms with Gasteiger partial charge in [-0.2, -0.15) is 0 Å². The Hall–Kier alpha value is -3.03. The Morgan fingerprint density at radius 3 is 2.68 bits per heavy atom. The molecule has 5 rings (SSSR count). The topological polar surface area (TPSA) is 70.8 Å². The minimum absolute atomic E-state index is 0.257. The zero-order valence-electron chi connectivity index (χ0n) is 16.8. The quantitative estimate of drug-likeness (QED) is 0.463. The third kappa shape index (κ3) is 3.64. The van der Waals surface area contributed by atoms with Gasteiger partial charge in [0.2, 0.25) is 0 Å². The van der Waals surface area contributed by atoms with Crippen LogP contribution in [0.15, 0.2) is 48.8 Å². The summed E-state index contributed by atoms with van der Waals surface area (Å²) in [5.74, 6) is -0.356. The van der Waals surface area contributed by atoms with Crippen LogP contribution < -0.4 is 10.6 Å². The van der Waals surface area contributed by atoms with Crippen molar-refractivity contribution in [2.45, 2.75) is 18.9 Å². The van der Waals surface area contributed by atoms with Gasteiger partial charge in [0, 0.05) is 41.6 Å². The van der Waals surface area contributed by atoms with Crippen molar-refractivity contribution in [3.63, 3.8) is 0 Å². The maximum Gasteiger partial charge on any atom is 0.151 e. The van der Waals surface area contributed by atoms with E-state index < -0.39 is 11.6 Å². The number of aromatic amines is 1. The van der Waals surface area contributed by atoms with E-state index in [1.165, 1.54) is 18.2 Å². The van der Waals surface area contributed by atoms with Crippen LogP contribution in [0.25, 0.3) is 33.5 Å². The zero-order valence-corrected chi connectivity index (χ0v) is 17.5. The molecule has 0 aliphatic carbocycles. The molecule has 8 heteroatoms. The van der Waals surface area contributed by atoms with Gasteiger partial charge in [0.1, 0.15) is 17.2 Å². The first-order valence-electron chi connectivity index (χ1n) is 9.94. The van der Waals surface area contributed by atoms with Gasteiger partial charge in [-0.15, -0.1) is 0 Å². The largest absolute Gasteiger partial charge is 0.368 e. The molecule has 0 amide bonds. The molecule has 2 aromatic carbocycles. The van der Waals surface area contributed by atoms with Crippen molar-refractivity contribution in [3.8, 4) is 22.5 Å². The third-order valence-corrected chi connectivity index (χ3v) is 5.85. The van der Waals surface area contributed by atoms with Gasteiger partial charge in [-0.25, -0.2) is 13.8 Å². The SMILES string of the molecule is CC1(N)CCN(c2c(-c3cc(F)cc(Cl)c3)cncc2-c2nc3c(F)cccc3[nH]2)C1. The minimum Gasteiger partial charge on any atom is -0.368 e. The van der Waals surface area contributed by atoms with E-state index in [2.05, 4.69) is 19.9 Å². The molecule has 2 aromatic heterocycles. The van der Waals surface area contributed by atoms with Gasteiger partial charge < -0.3 is 15.6 Å². The zero-order chi connectivity index (χ0) is 21.8. The van der Waals surface area contributed by atoms with Crippen LogP contribution in [0.2, 0.25) is 5.02 Å². The monoisotopic (exact) mass is 439 g/mol. The van der Waals surface area contributed by atoms with E-state index in [4.69, 9.17) is 17.3 Å². The third-order valence-electron chi connectivity index (χ3n) is 5.63. The summed E-state index contributed by atoms with van der Waals surface area (Å²) in [6, 6.07) is 9.15. The minimum atomic E-state index is -0.435. The molecule has 0 radical (unpaired) electrons. The van der Waals surface area contributed by atoms with E-state index in [9.17, 15) is 8.78 Å². The number of halogens is 3.